The Kier molecular flexibility index (Phi) is 6.54. The number of hydrogen-bond acceptors (Lipinski definition) is 1. The third-order valence-electron chi connectivity index (χ3n) is 2.22. The van der Waals surface area contributed by atoms with Crippen LogP contribution in [0, 0.1) is 0 Å². The van der Waals surface area contributed by atoms with Crippen LogP contribution in [-0.4, -0.2) is 56.6 Å². The van der Waals surface area contributed by atoms with Crippen LogP contribution >= 0.6 is 0 Å². The van der Waals surface area contributed by atoms with Crippen molar-refractivity contribution in [2.24, 2.45) is 0 Å². The van der Waals surface area contributed by atoms with E-state index < -0.39 is 0 Å². The van der Waals surface area contributed by atoms with Crippen molar-refractivity contribution in [1.29, 1.82) is 0 Å². The molecule has 0 aromatic heterocycles. The van der Waals surface area contributed by atoms with Crippen LogP contribution in [0.15, 0.2) is 0 Å². The maximum atomic E-state index is 10.7. The van der Waals surface area contributed by atoms with Crippen LogP contribution in [0.3, 0.4) is 0 Å². The Labute approximate surface area is 88.3 Å². The molecule has 14 heavy (non-hydrogen) atoms. The van der Waals surface area contributed by atoms with E-state index in [0.29, 0.717) is 0 Å². The van der Waals surface area contributed by atoms with E-state index in [9.17, 15) is 4.79 Å². The van der Waals surface area contributed by atoms with Gasteiger partial charge in [-0.25, -0.2) is 0 Å². The summed E-state index contributed by atoms with van der Waals surface area (Å²) >= 11 is 0. The van der Waals surface area contributed by atoms with Crippen LogP contribution in [-0.2, 0) is 4.79 Å². The molecule has 0 spiro atoms. The summed E-state index contributed by atoms with van der Waals surface area (Å²) in [6, 6.07) is 0. The topological polar surface area (TPSA) is 20.3 Å². The average Bonchev–Trinajstić information content (AvgIpc) is 2.09. The van der Waals surface area contributed by atoms with Crippen LogP contribution in [0.1, 0.15) is 26.2 Å². The monoisotopic (exact) mass is 201 g/mol. The van der Waals surface area contributed by atoms with Crippen molar-refractivity contribution in [3.63, 3.8) is 0 Å². The highest BCUT2D eigenvalue weighted by molar-refractivity contribution is 5.46. The Morgan fingerprint density at radius 1 is 1.14 bits per heavy atom. The Morgan fingerprint density at radius 2 is 1.71 bits per heavy atom. The largest absolute Gasteiger partial charge is 0.345 e. The minimum Gasteiger partial charge on any atom is -0.345 e. The Hall–Kier alpha value is -0.570. The van der Waals surface area contributed by atoms with Crippen LogP contribution < -0.4 is 0 Å². The highest BCUT2D eigenvalue weighted by atomic mass is 16.1. The average molecular weight is 201 g/mol. The fraction of sp³-hybridized carbons (Fsp3) is 0.909. The normalized spacial score (nSPS) is 11.4. The summed E-state index contributed by atoms with van der Waals surface area (Å²) in [7, 11) is 6.53. The van der Waals surface area contributed by atoms with Crippen LogP contribution in [0.4, 0.5) is 0 Å². The van der Waals surface area contributed by atoms with Gasteiger partial charge >= 0.3 is 0 Å². The fourth-order valence-electron chi connectivity index (χ4n) is 1.33. The van der Waals surface area contributed by atoms with E-state index in [2.05, 4.69) is 28.1 Å². The Balaban J connectivity index is 3.57. The lowest BCUT2D eigenvalue weighted by molar-refractivity contribution is -0.870. The maximum Gasteiger partial charge on any atom is 0.209 e. The van der Waals surface area contributed by atoms with Gasteiger partial charge < -0.3 is 9.38 Å². The quantitative estimate of drug-likeness (QED) is 0.429. The summed E-state index contributed by atoms with van der Waals surface area (Å²) in [4.78, 5) is 12.6. The van der Waals surface area contributed by atoms with Crippen molar-refractivity contribution in [2.45, 2.75) is 26.2 Å². The van der Waals surface area contributed by atoms with Crippen LogP contribution in [0.25, 0.3) is 0 Å². The number of carbonyl (C=O) groups is 1. The Bertz CT molecular complexity index is 152. The van der Waals surface area contributed by atoms with E-state index in [1.54, 1.807) is 0 Å². The molecular weight excluding hydrogens is 176 g/mol. The molecule has 0 rings (SSSR count). The molecule has 0 N–H and O–H groups in total. The number of rotatable bonds is 8. The molecule has 0 saturated carbocycles. The molecule has 3 heteroatoms. The molecule has 84 valence electrons. The number of amides is 1. The lowest BCUT2D eigenvalue weighted by atomic mass is 10.3. The van der Waals surface area contributed by atoms with E-state index in [4.69, 9.17) is 0 Å². The summed E-state index contributed by atoms with van der Waals surface area (Å²) < 4.78 is 0.973. The van der Waals surface area contributed by atoms with Crippen molar-refractivity contribution >= 4 is 6.41 Å². The van der Waals surface area contributed by atoms with Crippen molar-refractivity contribution in [3.05, 3.63) is 0 Å². The fourth-order valence-corrected chi connectivity index (χ4v) is 1.33. The lowest BCUT2D eigenvalue weighted by Crippen LogP contribution is -2.37. The first kappa shape index (κ1) is 13.4. The molecule has 0 aliphatic carbocycles. The number of quaternary nitrogens is 1. The second-order valence-electron chi connectivity index (χ2n) is 4.86. The van der Waals surface area contributed by atoms with Gasteiger partial charge in [0.1, 0.15) is 0 Å². The van der Waals surface area contributed by atoms with E-state index in [-0.39, 0.29) is 0 Å². The van der Waals surface area contributed by atoms with Crippen LogP contribution in [0.5, 0.6) is 0 Å². The van der Waals surface area contributed by atoms with Gasteiger partial charge in [-0.05, 0) is 6.42 Å². The zero-order chi connectivity index (χ0) is 11.0. The zero-order valence-corrected chi connectivity index (χ0v) is 10.1. The number of unbranched alkanes of at least 4 members (excludes halogenated alkanes) is 1. The van der Waals surface area contributed by atoms with Gasteiger partial charge in [0.2, 0.25) is 6.41 Å². The molecule has 0 saturated heterocycles. The highest BCUT2D eigenvalue weighted by Gasteiger charge is 2.07. The van der Waals surface area contributed by atoms with Gasteiger partial charge in [0.25, 0.3) is 0 Å². The second kappa shape index (κ2) is 6.82. The molecule has 0 aliphatic heterocycles. The minimum atomic E-state index is 0.902. The van der Waals surface area contributed by atoms with E-state index in [1.165, 1.54) is 0 Å². The van der Waals surface area contributed by atoms with E-state index in [1.807, 2.05) is 4.90 Å². The first-order valence-corrected chi connectivity index (χ1v) is 5.49. The third kappa shape index (κ3) is 8.05. The molecule has 0 aromatic carbocycles. The van der Waals surface area contributed by atoms with Crippen LogP contribution in [0.2, 0.25) is 0 Å². The number of carbonyl (C=O) groups excluding carboxylic acids is 1. The third-order valence-corrected chi connectivity index (χ3v) is 2.22. The van der Waals surface area contributed by atoms with Crippen molar-refractivity contribution in [3.8, 4) is 0 Å². The molecule has 0 fully saturated rings. The predicted octanol–water partition coefficient (Wildman–Crippen LogP) is 1.34. The van der Waals surface area contributed by atoms with Gasteiger partial charge in [-0.2, -0.15) is 0 Å². The standard InChI is InChI=1S/C11H25N2O/c1-5-6-8-12(11-14)9-7-10-13(2,3)4/h11H,5-10H2,1-4H3/q+1. The van der Waals surface area contributed by atoms with Crippen molar-refractivity contribution in [1.82, 2.24) is 4.90 Å². The summed E-state index contributed by atoms with van der Waals surface area (Å²) in [5.74, 6) is 0. The summed E-state index contributed by atoms with van der Waals surface area (Å²) in [5.41, 5.74) is 0. The second-order valence-corrected chi connectivity index (χ2v) is 4.86. The molecule has 0 bridgehead atoms. The number of hydrogen-bond donors (Lipinski definition) is 0. The van der Waals surface area contributed by atoms with Gasteiger partial charge in [0, 0.05) is 19.5 Å². The summed E-state index contributed by atoms with van der Waals surface area (Å²) in [6.45, 7) is 5.08. The molecule has 1 amide bonds. The molecule has 0 aromatic rings. The first-order chi connectivity index (χ1) is 6.49. The molecule has 0 atom stereocenters. The molecule has 3 nitrogen and oxygen atoms in total. The van der Waals surface area contributed by atoms with Crippen molar-refractivity contribution in [2.75, 3.05) is 40.8 Å². The number of nitrogens with zero attached hydrogens (tertiary/aromatic N) is 2. The Morgan fingerprint density at radius 3 is 2.14 bits per heavy atom. The summed E-state index contributed by atoms with van der Waals surface area (Å²) in [6.07, 6.45) is 4.33. The SMILES string of the molecule is CCCCN(C=O)CCC[N+](C)(C)C. The van der Waals surface area contributed by atoms with Gasteiger partial charge in [-0.3, -0.25) is 4.79 Å². The van der Waals surface area contributed by atoms with Gasteiger partial charge in [0.05, 0.1) is 27.7 Å². The molecule has 0 aliphatic rings. The molecular formula is C11H25N2O+. The van der Waals surface area contributed by atoms with Crippen molar-refractivity contribution < 1.29 is 9.28 Å². The van der Waals surface area contributed by atoms with E-state index >= 15 is 0 Å². The minimum absolute atomic E-state index is 0.902. The molecule has 0 radical (unpaired) electrons. The highest BCUT2D eigenvalue weighted by Crippen LogP contribution is 1.97. The summed E-state index contributed by atoms with van der Waals surface area (Å²) in [5, 5.41) is 0. The zero-order valence-electron chi connectivity index (χ0n) is 10.1. The van der Waals surface area contributed by atoms with E-state index in [0.717, 1.165) is 49.8 Å². The lowest BCUT2D eigenvalue weighted by Gasteiger charge is -2.25. The molecule has 0 heterocycles. The van der Waals surface area contributed by atoms with Gasteiger partial charge in [-0.15, -0.1) is 0 Å². The smallest absolute Gasteiger partial charge is 0.209 e. The molecule has 0 unspecified atom stereocenters. The van der Waals surface area contributed by atoms with Gasteiger partial charge in [0.15, 0.2) is 0 Å². The van der Waals surface area contributed by atoms with Gasteiger partial charge in [-0.1, -0.05) is 13.3 Å². The predicted molar refractivity (Wildman–Crippen MR) is 60.1 cm³/mol. The maximum absolute atomic E-state index is 10.7. The first-order valence-electron chi connectivity index (χ1n) is 5.49.